The van der Waals surface area contributed by atoms with Gasteiger partial charge in [0.1, 0.15) is 11.9 Å². The van der Waals surface area contributed by atoms with E-state index in [9.17, 15) is 19.5 Å². The van der Waals surface area contributed by atoms with E-state index >= 15 is 0 Å². The maximum absolute atomic E-state index is 13.1. The minimum Gasteiger partial charge on any atom is -0.480 e. The minimum atomic E-state index is -0.957. The molecule has 2 unspecified atom stereocenters. The average molecular weight is 499 g/mol. The van der Waals surface area contributed by atoms with Gasteiger partial charge in [0.15, 0.2) is 0 Å². The van der Waals surface area contributed by atoms with Crippen molar-refractivity contribution >= 4 is 23.6 Å². The Morgan fingerprint density at radius 3 is 2.53 bits per heavy atom. The van der Waals surface area contributed by atoms with Gasteiger partial charge in [-0.1, -0.05) is 38.2 Å². The highest BCUT2D eigenvalue weighted by molar-refractivity contribution is 5.85. The third-order valence-corrected chi connectivity index (χ3v) is 8.32. The van der Waals surface area contributed by atoms with E-state index in [1.165, 1.54) is 12.0 Å². The van der Waals surface area contributed by atoms with Crippen LogP contribution in [-0.2, 0) is 27.2 Å². The molecule has 3 atom stereocenters. The van der Waals surface area contributed by atoms with Crippen LogP contribution in [0.4, 0.5) is 5.82 Å². The van der Waals surface area contributed by atoms with Crippen LogP contribution in [0.3, 0.4) is 0 Å². The molecular formula is C28H42N4O4. The quantitative estimate of drug-likeness (QED) is 0.400. The van der Waals surface area contributed by atoms with E-state index in [1.807, 2.05) is 4.90 Å². The molecule has 1 aromatic rings. The molecule has 1 saturated heterocycles. The minimum absolute atomic E-state index is 0.0603. The van der Waals surface area contributed by atoms with Gasteiger partial charge in [0.25, 0.3) is 0 Å². The first-order valence-corrected chi connectivity index (χ1v) is 13.9. The number of carboxylic acids is 1. The number of hydrogen-bond donors (Lipinski definition) is 3. The summed E-state index contributed by atoms with van der Waals surface area (Å²) in [7, 11) is 0. The van der Waals surface area contributed by atoms with Gasteiger partial charge in [-0.3, -0.25) is 9.59 Å². The topological polar surface area (TPSA) is 112 Å². The molecule has 0 spiro atoms. The van der Waals surface area contributed by atoms with Crippen molar-refractivity contribution in [2.45, 2.75) is 90.0 Å². The summed E-state index contributed by atoms with van der Waals surface area (Å²) in [5.41, 5.74) is 2.45. The number of nitrogens with zero attached hydrogens (tertiary/aromatic N) is 2. The number of hydrogen-bond acceptors (Lipinski definition) is 5. The number of fused-ring (bicyclic) bond motifs is 3. The van der Waals surface area contributed by atoms with Gasteiger partial charge in [-0.25, -0.2) is 9.78 Å². The van der Waals surface area contributed by atoms with Crippen LogP contribution >= 0.6 is 0 Å². The van der Waals surface area contributed by atoms with Crippen LogP contribution in [-0.4, -0.2) is 58.5 Å². The molecule has 1 saturated carbocycles. The van der Waals surface area contributed by atoms with Gasteiger partial charge in [-0.15, -0.1) is 0 Å². The number of amides is 2. The summed E-state index contributed by atoms with van der Waals surface area (Å²) in [5.74, 6) is 0.115. The Balaban J connectivity index is 1.16. The molecule has 2 aliphatic heterocycles. The molecular weight excluding hydrogens is 456 g/mol. The molecule has 3 N–H and O–H groups in total. The third kappa shape index (κ3) is 6.77. The van der Waals surface area contributed by atoms with E-state index in [1.54, 1.807) is 6.92 Å². The molecule has 2 fully saturated rings. The van der Waals surface area contributed by atoms with Crippen LogP contribution in [0.2, 0.25) is 0 Å². The van der Waals surface area contributed by atoms with Gasteiger partial charge in [-0.2, -0.15) is 0 Å². The van der Waals surface area contributed by atoms with Crippen molar-refractivity contribution in [3.63, 3.8) is 0 Å². The Labute approximate surface area is 214 Å². The Kier molecular flexibility index (Phi) is 9.21. The molecule has 0 radical (unpaired) electrons. The van der Waals surface area contributed by atoms with E-state index in [0.29, 0.717) is 19.5 Å². The van der Waals surface area contributed by atoms with Crippen molar-refractivity contribution in [3.05, 3.63) is 23.4 Å². The van der Waals surface area contributed by atoms with Crippen LogP contribution in [0, 0.1) is 17.8 Å². The van der Waals surface area contributed by atoms with Crippen LogP contribution in [0.15, 0.2) is 12.1 Å². The molecule has 3 heterocycles. The molecule has 2 bridgehead atoms. The third-order valence-electron chi connectivity index (χ3n) is 8.32. The lowest BCUT2D eigenvalue weighted by atomic mass is 9.68. The Hall–Kier alpha value is -2.64. The maximum atomic E-state index is 13.1. The standard InChI is InChI=1S/C28H42N4O4/c1-19(33)32-17-21-9-7-10-22(18-32)25(21)27(34)31-24(28(35)36)13-6-4-2-3-5-12-23-15-14-20-11-8-16-29-26(20)30-23/h14-15,21-22,24-25H,2-13,16-18H2,1H3,(H,29,30)(H,31,34)(H,35,36)/t21?,22?,24-,25?/m0/s1. The first-order chi connectivity index (χ1) is 17.4. The lowest BCUT2D eigenvalue weighted by molar-refractivity contribution is -0.147. The number of carboxylic acid groups (broad SMARTS) is 1. The first kappa shape index (κ1) is 26.4. The van der Waals surface area contributed by atoms with Gasteiger partial charge in [0.2, 0.25) is 11.8 Å². The number of aromatic nitrogens is 1. The maximum Gasteiger partial charge on any atom is 0.326 e. The largest absolute Gasteiger partial charge is 0.480 e. The Morgan fingerprint density at radius 1 is 1.08 bits per heavy atom. The SMILES string of the molecule is CC(=O)N1CC2CCCC(C1)C2C(=O)N[C@@H](CCCCCCCc1ccc2c(n1)NCCC2)C(=O)O. The number of unbranched alkanes of at least 4 members (excludes halogenated alkanes) is 4. The molecule has 1 aromatic heterocycles. The van der Waals surface area contributed by atoms with Crippen LogP contribution < -0.4 is 10.6 Å². The summed E-state index contributed by atoms with van der Waals surface area (Å²) in [5, 5.41) is 15.9. The van der Waals surface area contributed by atoms with Crippen molar-refractivity contribution in [2.24, 2.45) is 17.8 Å². The van der Waals surface area contributed by atoms with Crippen LogP contribution in [0.1, 0.15) is 82.4 Å². The van der Waals surface area contributed by atoms with E-state index in [4.69, 9.17) is 4.98 Å². The number of likely N-dealkylation sites (tertiary alicyclic amines) is 1. The molecule has 198 valence electrons. The van der Waals surface area contributed by atoms with Crippen LogP contribution in [0.5, 0.6) is 0 Å². The predicted octanol–water partition coefficient (Wildman–Crippen LogP) is 3.79. The highest BCUT2D eigenvalue weighted by Crippen LogP contribution is 2.40. The second kappa shape index (κ2) is 12.5. The zero-order valence-corrected chi connectivity index (χ0v) is 21.6. The Bertz CT molecular complexity index is 922. The summed E-state index contributed by atoms with van der Waals surface area (Å²) in [6.07, 6.45) is 11.6. The molecule has 4 rings (SSSR count). The second-order valence-electron chi connectivity index (χ2n) is 10.9. The molecule has 0 aromatic carbocycles. The molecule has 1 aliphatic carbocycles. The molecule has 8 heteroatoms. The monoisotopic (exact) mass is 498 g/mol. The van der Waals surface area contributed by atoms with E-state index in [-0.39, 0.29) is 29.6 Å². The zero-order valence-electron chi connectivity index (χ0n) is 21.6. The summed E-state index contributed by atoms with van der Waals surface area (Å²) in [6.45, 7) is 3.80. The first-order valence-electron chi connectivity index (χ1n) is 13.9. The van der Waals surface area contributed by atoms with E-state index in [2.05, 4.69) is 22.8 Å². The van der Waals surface area contributed by atoms with Crippen molar-refractivity contribution < 1.29 is 19.5 Å². The van der Waals surface area contributed by atoms with Gasteiger partial charge in [-0.05, 0) is 68.4 Å². The average Bonchev–Trinajstić information content (AvgIpc) is 2.86. The smallest absolute Gasteiger partial charge is 0.326 e. The highest BCUT2D eigenvalue weighted by atomic mass is 16.4. The number of nitrogens with one attached hydrogen (secondary N) is 2. The fourth-order valence-electron chi connectivity index (χ4n) is 6.34. The number of piperidine rings is 1. The van der Waals surface area contributed by atoms with Crippen molar-refractivity contribution in [3.8, 4) is 0 Å². The number of anilines is 1. The van der Waals surface area contributed by atoms with Gasteiger partial charge >= 0.3 is 5.97 Å². The summed E-state index contributed by atoms with van der Waals surface area (Å²) < 4.78 is 0. The number of aliphatic carboxylic acids is 1. The fourth-order valence-corrected chi connectivity index (χ4v) is 6.34. The molecule has 8 nitrogen and oxygen atoms in total. The number of carbonyl (C=O) groups excluding carboxylic acids is 2. The number of pyridine rings is 1. The fraction of sp³-hybridized carbons (Fsp3) is 0.714. The van der Waals surface area contributed by atoms with E-state index < -0.39 is 12.0 Å². The number of carbonyl (C=O) groups is 3. The molecule has 2 amide bonds. The predicted molar refractivity (Wildman–Crippen MR) is 139 cm³/mol. The summed E-state index contributed by atoms with van der Waals surface area (Å²) in [4.78, 5) is 43.4. The zero-order chi connectivity index (χ0) is 25.5. The van der Waals surface area contributed by atoms with Gasteiger partial charge < -0.3 is 20.6 Å². The lowest BCUT2D eigenvalue weighted by Gasteiger charge is -2.46. The number of aryl methyl sites for hydroxylation is 2. The second-order valence-corrected chi connectivity index (χ2v) is 10.9. The normalized spacial score (nSPS) is 23.8. The van der Waals surface area contributed by atoms with Gasteiger partial charge in [0, 0.05) is 38.2 Å². The van der Waals surface area contributed by atoms with E-state index in [0.717, 1.165) is 82.3 Å². The summed E-state index contributed by atoms with van der Waals surface area (Å²) >= 11 is 0. The highest BCUT2D eigenvalue weighted by Gasteiger charge is 2.44. The van der Waals surface area contributed by atoms with Crippen molar-refractivity contribution in [1.29, 1.82) is 0 Å². The Morgan fingerprint density at radius 2 is 1.81 bits per heavy atom. The molecule has 3 aliphatic rings. The van der Waals surface area contributed by atoms with Gasteiger partial charge in [0.05, 0.1) is 0 Å². The van der Waals surface area contributed by atoms with Crippen molar-refractivity contribution in [2.75, 3.05) is 25.0 Å². The molecule has 36 heavy (non-hydrogen) atoms. The van der Waals surface area contributed by atoms with Crippen LogP contribution in [0.25, 0.3) is 0 Å². The lowest BCUT2D eigenvalue weighted by Crippen LogP contribution is -2.56. The van der Waals surface area contributed by atoms with Crippen molar-refractivity contribution in [1.82, 2.24) is 15.2 Å². The summed E-state index contributed by atoms with van der Waals surface area (Å²) in [6, 6.07) is 3.50. The number of rotatable bonds is 11.